The fraction of sp³-hybridized carbons (Fsp3) is 0.118. The number of nitrogen functional groups attached to an aromatic ring is 1. The minimum Gasteiger partial charge on any atom is -0.398 e. The first-order valence-electron chi connectivity index (χ1n) is 6.78. The van der Waals surface area contributed by atoms with E-state index in [1.807, 2.05) is 60.8 Å². The summed E-state index contributed by atoms with van der Waals surface area (Å²) in [6, 6.07) is 15.4. The van der Waals surface area contributed by atoms with Crippen LogP contribution in [0.3, 0.4) is 0 Å². The molecule has 4 heteroatoms. The van der Waals surface area contributed by atoms with Crippen LogP contribution in [0.1, 0.15) is 28.9 Å². The predicted octanol–water partition coefficient (Wildman–Crippen LogP) is 3.97. The SMILES string of the molecule is CC(NC(=O)c1csc2ccccc12)c1ccccc1N. The molecule has 1 atom stereocenters. The van der Waals surface area contributed by atoms with Crippen molar-refractivity contribution in [3.05, 3.63) is 65.0 Å². The summed E-state index contributed by atoms with van der Waals surface area (Å²) in [5.41, 5.74) is 8.31. The lowest BCUT2D eigenvalue weighted by molar-refractivity contribution is 0.0942. The Labute approximate surface area is 127 Å². The Hall–Kier alpha value is -2.33. The Bertz CT molecular complexity index is 794. The summed E-state index contributed by atoms with van der Waals surface area (Å²) in [4.78, 5) is 12.5. The van der Waals surface area contributed by atoms with Crippen LogP contribution in [0.2, 0.25) is 0 Å². The molecule has 0 aliphatic carbocycles. The van der Waals surface area contributed by atoms with Crippen molar-refractivity contribution in [1.82, 2.24) is 5.32 Å². The lowest BCUT2D eigenvalue weighted by Gasteiger charge is -2.16. The average Bonchev–Trinajstić information content (AvgIpc) is 2.91. The zero-order valence-electron chi connectivity index (χ0n) is 11.7. The number of hydrogen-bond donors (Lipinski definition) is 2. The van der Waals surface area contributed by atoms with Gasteiger partial charge in [0.25, 0.3) is 5.91 Å². The van der Waals surface area contributed by atoms with Gasteiger partial charge in [-0.15, -0.1) is 11.3 Å². The van der Waals surface area contributed by atoms with Crippen LogP contribution in [-0.2, 0) is 0 Å². The third kappa shape index (κ3) is 2.62. The van der Waals surface area contributed by atoms with Gasteiger partial charge in [-0.25, -0.2) is 0 Å². The van der Waals surface area contributed by atoms with Crippen molar-refractivity contribution in [3.8, 4) is 0 Å². The van der Waals surface area contributed by atoms with Gasteiger partial charge in [0.2, 0.25) is 0 Å². The molecule has 2 aromatic carbocycles. The van der Waals surface area contributed by atoms with E-state index in [9.17, 15) is 4.79 Å². The average molecular weight is 296 g/mol. The number of thiophene rings is 1. The minimum absolute atomic E-state index is 0.0665. The van der Waals surface area contributed by atoms with Crippen LogP contribution in [0.4, 0.5) is 5.69 Å². The van der Waals surface area contributed by atoms with E-state index in [1.54, 1.807) is 11.3 Å². The highest BCUT2D eigenvalue weighted by molar-refractivity contribution is 7.17. The number of amides is 1. The third-order valence-electron chi connectivity index (χ3n) is 3.54. The summed E-state index contributed by atoms with van der Waals surface area (Å²) in [6.45, 7) is 1.94. The second kappa shape index (κ2) is 5.58. The van der Waals surface area contributed by atoms with Crippen molar-refractivity contribution in [2.75, 3.05) is 5.73 Å². The highest BCUT2D eigenvalue weighted by atomic mass is 32.1. The number of para-hydroxylation sites is 1. The van der Waals surface area contributed by atoms with Gasteiger partial charge in [-0.1, -0.05) is 36.4 Å². The molecular formula is C17H16N2OS. The highest BCUT2D eigenvalue weighted by Gasteiger charge is 2.16. The van der Waals surface area contributed by atoms with Crippen LogP contribution in [-0.4, -0.2) is 5.91 Å². The van der Waals surface area contributed by atoms with Gasteiger partial charge in [0.1, 0.15) is 0 Å². The molecule has 3 aromatic rings. The molecule has 0 saturated heterocycles. The van der Waals surface area contributed by atoms with Crippen molar-refractivity contribution in [1.29, 1.82) is 0 Å². The van der Waals surface area contributed by atoms with Crippen LogP contribution in [0.25, 0.3) is 10.1 Å². The Morgan fingerprint density at radius 1 is 1.14 bits per heavy atom. The number of anilines is 1. The van der Waals surface area contributed by atoms with E-state index >= 15 is 0 Å². The molecule has 1 unspecified atom stereocenters. The molecule has 0 aliphatic heterocycles. The highest BCUT2D eigenvalue weighted by Crippen LogP contribution is 2.26. The van der Waals surface area contributed by atoms with Gasteiger partial charge in [0.15, 0.2) is 0 Å². The van der Waals surface area contributed by atoms with Crippen LogP contribution < -0.4 is 11.1 Å². The maximum atomic E-state index is 12.5. The number of benzene rings is 2. The van der Waals surface area contributed by atoms with Crippen LogP contribution in [0.15, 0.2) is 53.9 Å². The standard InChI is InChI=1S/C17H16N2OS/c1-11(12-6-2-4-8-15(12)18)19-17(20)14-10-21-16-9-5-3-7-13(14)16/h2-11H,18H2,1H3,(H,19,20). The number of carbonyl (C=O) groups excluding carboxylic acids is 1. The molecule has 1 amide bonds. The van der Waals surface area contributed by atoms with E-state index in [2.05, 4.69) is 5.32 Å². The lowest BCUT2D eigenvalue weighted by Crippen LogP contribution is -2.26. The normalized spacial score (nSPS) is 12.2. The molecule has 0 bridgehead atoms. The second-order valence-electron chi connectivity index (χ2n) is 4.97. The first-order chi connectivity index (χ1) is 10.2. The first-order valence-corrected chi connectivity index (χ1v) is 7.66. The Balaban J connectivity index is 1.85. The van der Waals surface area contributed by atoms with E-state index in [1.165, 1.54) is 0 Å². The summed E-state index contributed by atoms with van der Waals surface area (Å²) in [5, 5.41) is 5.92. The first kappa shape index (κ1) is 13.6. The van der Waals surface area contributed by atoms with Crippen molar-refractivity contribution in [2.24, 2.45) is 0 Å². The van der Waals surface area contributed by atoms with Crippen molar-refractivity contribution in [2.45, 2.75) is 13.0 Å². The maximum Gasteiger partial charge on any atom is 0.253 e. The quantitative estimate of drug-likeness (QED) is 0.718. The molecule has 1 heterocycles. The fourth-order valence-corrected chi connectivity index (χ4v) is 3.35. The summed E-state index contributed by atoms with van der Waals surface area (Å²) >= 11 is 1.58. The number of fused-ring (bicyclic) bond motifs is 1. The second-order valence-corrected chi connectivity index (χ2v) is 5.88. The topological polar surface area (TPSA) is 55.1 Å². The van der Waals surface area contributed by atoms with Gasteiger partial charge < -0.3 is 11.1 Å². The maximum absolute atomic E-state index is 12.5. The van der Waals surface area contributed by atoms with E-state index in [0.29, 0.717) is 5.69 Å². The van der Waals surface area contributed by atoms with Crippen molar-refractivity contribution < 1.29 is 4.79 Å². The number of nitrogens with one attached hydrogen (secondary N) is 1. The van der Waals surface area contributed by atoms with Gasteiger partial charge >= 0.3 is 0 Å². The Morgan fingerprint density at radius 3 is 2.67 bits per heavy atom. The number of nitrogens with two attached hydrogens (primary N) is 1. The van der Waals surface area contributed by atoms with E-state index < -0.39 is 0 Å². The van der Waals surface area contributed by atoms with Crippen molar-refractivity contribution in [3.63, 3.8) is 0 Å². The molecular weight excluding hydrogens is 280 g/mol. The molecule has 0 spiro atoms. The lowest BCUT2D eigenvalue weighted by atomic mass is 10.1. The van der Waals surface area contributed by atoms with Crippen LogP contribution in [0.5, 0.6) is 0 Å². The smallest absolute Gasteiger partial charge is 0.253 e. The van der Waals surface area contributed by atoms with Crippen molar-refractivity contribution >= 4 is 33.0 Å². The molecule has 3 N–H and O–H groups in total. The number of rotatable bonds is 3. The molecule has 21 heavy (non-hydrogen) atoms. The minimum atomic E-state index is -0.127. The van der Waals surface area contributed by atoms with Crippen LogP contribution in [0, 0.1) is 0 Å². The predicted molar refractivity (Wildman–Crippen MR) is 88.6 cm³/mol. The molecule has 106 valence electrons. The monoisotopic (exact) mass is 296 g/mol. The van der Waals surface area contributed by atoms with E-state index in [0.717, 1.165) is 21.2 Å². The molecule has 0 radical (unpaired) electrons. The van der Waals surface area contributed by atoms with E-state index in [-0.39, 0.29) is 11.9 Å². The summed E-state index contributed by atoms with van der Waals surface area (Å²) in [6.07, 6.45) is 0. The molecule has 0 saturated carbocycles. The Kier molecular flexibility index (Phi) is 3.62. The molecule has 3 rings (SSSR count). The molecule has 0 fully saturated rings. The Morgan fingerprint density at radius 2 is 1.86 bits per heavy atom. The zero-order chi connectivity index (χ0) is 14.8. The molecule has 3 nitrogen and oxygen atoms in total. The largest absolute Gasteiger partial charge is 0.398 e. The van der Waals surface area contributed by atoms with Gasteiger partial charge in [-0.05, 0) is 24.6 Å². The summed E-state index contributed by atoms with van der Waals surface area (Å²) < 4.78 is 1.12. The number of carbonyl (C=O) groups is 1. The third-order valence-corrected chi connectivity index (χ3v) is 4.50. The zero-order valence-corrected chi connectivity index (χ0v) is 12.5. The summed E-state index contributed by atoms with van der Waals surface area (Å²) in [7, 11) is 0. The van der Waals surface area contributed by atoms with Gasteiger partial charge in [0, 0.05) is 21.2 Å². The van der Waals surface area contributed by atoms with E-state index in [4.69, 9.17) is 5.73 Å². The fourth-order valence-electron chi connectivity index (χ4n) is 2.41. The van der Waals surface area contributed by atoms with Gasteiger partial charge in [-0.2, -0.15) is 0 Å². The molecule has 1 aromatic heterocycles. The van der Waals surface area contributed by atoms with Crippen LogP contribution >= 0.6 is 11.3 Å². The summed E-state index contributed by atoms with van der Waals surface area (Å²) in [5.74, 6) is -0.0665. The molecule has 0 aliphatic rings. The van der Waals surface area contributed by atoms with Gasteiger partial charge in [-0.3, -0.25) is 4.79 Å². The van der Waals surface area contributed by atoms with Gasteiger partial charge in [0.05, 0.1) is 11.6 Å². The number of hydrogen-bond acceptors (Lipinski definition) is 3.